The van der Waals surface area contributed by atoms with Crippen molar-refractivity contribution in [2.24, 2.45) is 5.92 Å². The average molecular weight is 212 g/mol. The molecule has 1 saturated carbocycles. The number of halogens is 1. The molecule has 0 spiro atoms. The van der Waals surface area contributed by atoms with E-state index in [4.69, 9.17) is 11.6 Å². The van der Waals surface area contributed by atoms with E-state index in [1.165, 1.54) is 12.8 Å². The Kier molecular flexibility index (Phi) is 2.59. The van der Waals surface area contributed by atoms with E-state index >= 15 is 0 Å². The van der Waals surface area contributed by atoms with Gasteiger partial charge in [0.2, 0.25) is 5.28 Å². The Hall–Kier alpha value is -0.830. The van der Waals surface area contributed by atoms with E-state index in [0.717, 1.165) is 17.4 Å². The molecule has 2 rings (SSSR count). The molecular formula is C10H14ClN3. The van der Waals surface area contributed by atoms with Crippen molar-refractivity contribution in [1.29, 1.82) is 0 Å². The van der Waals surface area contributed by atoms with Gasteiger partial charge in [-0.05, 0) is 30.9 Å². The normalized spacial score (nSPS) is 24.8. The molecule has 0 radical (unpaired) electrons. The molecule has 14 heavy (non-hydrogen) atoms. The Balaban J connectivity index is 2.03. The molecule has 2 atom stereocenters. The summed E-state index contributed by atoms with van der Waals surface area (Å²) in [5.41, 5.74) is 0.904. The van der Waals surface area contributed by atoms with E-state index < -0.39 is 0 Å². The van der Waals surface area contributed by atoms with E-state index in [2.05, 4.69) is 22.2 Å². The van der Waals surface area contributed by atoms with Crippen molar-refractivity contribution in [1.82, 2.24) is 9.97 Å². The molecule has 0 saturated heterocycles. The van der Waals surface area contributed by atoms with E-state index in [-0.39, 0.29) is 0 Å². The van der Waals surface area contributed by atoms with Crippen molar-refractivity contribution in [2.45, 2.75) is 32.7 Å². The van der Waals surface area contributed by atoms with Crippen LogP contribution in [0.1, 0.15) is 25.5 Å². The molecule has 0 aliphatic heterocycles. The second-order valence-corrected chi connectivity index (χ2v) is 4.16. The van der Waals surface area contributed by atoms with Gasteiger partial charge in [-0.1, -0.05) is 13.3 Å². The predicted octanol–water partition coefficient (Wildman–Crippen LogP) is 2.65. The summed E-state index contributed by atoms with van der Waals surface area (Å²) in [4.78, 5) is 8.14. The van der Waals surface area contributed by atoms with Crippen molar-refractivity contribution in [2.75, 3.05) is 5.32 Å². The lowest BCUT2D eigenvalue weighted by Crippen LogP contribution is -2.06. The minimum Gasteiger partial charge on any atom is -0.367 e. The van der Waals surface area contributed by atoms with E-state index in [9.17, 15) is 0 Å². The van der Waals surface area contributed by atoms with Crippen LogP contribution in [0.3, 0.4) is 0 Å². The van der Waals surface area contributed by atoms with Crippen LogP contribution in [0, 0.1) is 12.8 Å². The van der Waals surface area contributed by atoms with Gasteiger partial charge in [0, 0.05) is 17.8 Å². The van der Waals surface area contributed by atoms with E-state index in [1.807, 2.05) is 13.0 Å². The topological polar surface area (TPSA) is 37.8 Å². The fourth-order valence-corrected chi connectivity index (χ4v) is 1.90. The van der Waals surface area contributed by atoms with Gasteiger partial charge in [-0.3, -0.25) is 0 Å². The van der Waals surface area contributed by atoms with Crippen molar-refractivity contribution in [3.05, 3.63) is 17.0 Å². The van der Waals surface area contributed by atoms with Crippen molar-refractivity contribution in [3.8, 4) is 0 Å². The summed E-state index contributed by atoms with van der Waals surface area (Å²) in [6.45, 7) is 4.13. The quantitative estimate of drug-likeness (QED) is 0.782. The third kappa shape index (κ3) is 2.15. The smallest absolute Gasteiger partial charge is 0.224 e. The standard InChI is InChI=1S/C10H14ClN3/c1-3-7-5-8(7)13-9-4-6(2)12-10(11)14-9/h4,7-8H,3,5H2,1-2H3,(H,12,13,14). The first-order valence-electron chi connectivity index (χ1n) is 4.96. The van der Waals surface area contributed by atoms with Gasteiger partial charge in [0.1, 0.15) is 5.82 Å². The molecule has 1 aliphatic carbocycles. The van der Waals surface area contributed by atoms with Crippen LogP contribution in [0.4, 0.5) is 5.82 Å². The fraction of sp³-hybridized carbons (Fsp3) is 0.600. The van der Waals surface area contributed by atoms with Gasteiger partial charge in [-0.25, -0.2) is 9.97 Å². The van der Waals surface area contributed by atoms with Gasteiger partial charge >= 0.3 is 0 Å². The van der Waals surface area contributed by atoms with Crippen molar-refractivity contribution >= 4 is 17.4 Å². The van der Waals surface area contributed by atoms with Crippen LogP contribution >= 0.6 is 11.6 Å². The maximum Gasteiger partial charge on any atom is 0.224 e. The molecule has 0 aromatic carbocycles. The second-order valence-electron chi connectivity index (χ2n) is 3.82. The highest BCUT2D eigenvalue weighted by molar-refractivity contribution is 6.28. The first-order valence-corrected chi connectivity index (χ1v) is 5.34. The van der Waals surface area contributed by atoms with Crippen molar-refractivity contribution in [3.63, 3.8) is 0 Å². The Morgan fingerprint density at radius 1 is 1.57 bits per heavy atom. The largest absolute Gasteiger partial charge is 0.367 e. The van der Waals surface area contributed by atoms with Gasteiger partial charge in [0.05, 0.1) is 0 Å². The van der Waals surface area contributed by atoms with Crippen LogP contribution in [0.2, 0.25) is 5.28 Å². The number of hydrogen-bond donors (Lipinski definition) is 1. The lowest BCUT2D eigenvalue weighted by molar-refractivity contribution is 0.773. The molecule has 0 amide bonds. The van der Waals surface area contributed by atoms with Crippen LogP contribution in [0.5, 0.6) is 0 Å². The number of rotatable bonds is 3. The third-order valence-corrected chi connectivity index (χ3v) is 2.78. The van der Waals surface area contributed by atoms with Crippen LogP contribution < -0.4 is 5.32 Å². The van der Waals surface area contributed by atoms with Gasteiger partial charge in [0.25, 0.3) is 0 Å². The van der Waals surface area contributed by atoms with Crippen LogP contribution in [-0.2, 0) is 0 Å². The average Bonchev–Trinajstić information content (AvgIpc) is 2.81. The number of anilines is 1. The van der Waals surface area contributed by atoms with Gasteiger partial charge in [-0.2, -0.15) is 0 Å². The highest BCUT2D eigenvalue weighted by Gasteiger charge is 2.35. The summed E-state index contributed by atoms with van der Waals surface area (Å²) in [6, 6.07) is 2.52. The summed E-state index contributed by atoms with van der Waals surface area (Å²) in [7, 11) is 0. The number of hydrogen-bond acceptors (Lipinski definition) is 3. The predicted molar refractivity (Wildman–Crippen MR) is 57.6 cm³/mol. The molecule has 2 unspecified atom stereocenters. The molecule has 1 aliphatic rings. The van der Waals surface area contributed by atoms with Crippen molar-refractivity contribution < 1.29 is 0 Å². The highest BCUT2D eigenvalue weighted by atomic mass is 35.5. The second kappa shape index (κ2) is 3.73. The Labute approximate surface area is 88.9 Å². The molecule has 1 N–H and O–H groups in total. The Morgan fingerprint density at radius 3 is 2.93 bits per heavy atom. The van der Waals surface area contributed by atoms with Gasteiger partial charge in [-0.15, -0.1) is 0 Å². The summed E-state index contributed by atoms with van der Waals surface area (Å²) in [5, 5.41) is 3.68. The lowest BCUT2D eigenvalue weighted by atomic mass is 10.3. The summed E-state index contributed by atoms with van der Waals surface area (Å²) < 4.78 is 0. The molecular weight excluding hydrogens is 198 g/mol. The maximum atomic E-state index is 5.76. The van der Waals surface area contributed by atoms with Crippen LogP contribution in [0.25, 0.3) is 0 Å². The third-order valence-electron chi connectivity index (χ3n) is 2.61. The number of aryl methyl sites for hydroxylation is 1. The minimum absolute atomic E-state index is 0.321. The lowest BCUT2D eigenvalue weighted by Gasteiger charge is -2.05. The highest BCUT2D eigenvalue weighted by Crippen LogP contribution is 2.35. The van der Waals surface area contributed by atoms with Crippen LogP contribution in [0.15, 0.2) is 6.07 Å². The fourth-order valence-electron chi connectivity index (χ4n) is 1.67. The SMILES string of the molecule is CCC1CC1Nc1cc(C)nc(Cl)n1. The molecule has 3 nitrogen and oxygen atoms in total. The molecule has 0 bridgehead atoms. The molecule has 1 aromatic rings. The van der Waals surface area contributed by atoms with Crippen LogP contribution in [-0.4, -0.2) is 16.0 Å². The Morgan fingerprint density at radius 2 is 2.36 bits per heavy atom. The number of nitrogens with zero attached hydrogens (tertiary/aromatic N) is 2. The molecule has 1 fully saturated rings. The maximum absolute atomic E-state index is 5.76. The van der Waals surface area contributed by atoms with E-state index in [0.29, 0.717) is 11.3 Å². The zero-order chi connectivity index (χ0) is 10.1. The summed E-state index contributed by atoms with van der Waals surface area (Å²) in [6.07, 6.45) is 2.48. The molecule has 1 heterocycles. The molecule has 4 heteroatoms. The zero-order valence-corrected chi connectivity index (χ0v) is 9.17. The zero-order valence-electron chi connectivity index (χ0n) is 8.42. The van der Waals surface area contributed by atoms with Gasteiger partial charge in [0.15, 0.2) is 0 Å². The monoisotopic (exact) mass is 211 g/mol. The number of nitrogens with one attached hydrogen (secondary N) is 1. The molecule has 76 valence electrons. The summed E-state index contributed by atoms with van der Waals surface area (Å²) >= 11 is 5.76. The van der Waals surface area contributed by atoms with E-state index in [1.54, 1.807) is 0 Å². The first-order chi connectivity index (χ1) is 6.69. The minimum atomic E-state index is 0.321. The summed E-state index contributed by atoms with van der Waals surface area (Å²) in [5.74, 6) is 1.66. The number of aromatic nitrogens is 2. The Bertz CT molecular complexity index is 320. The first kappa shape index (κ1) is 9.71. The van der Waals surface area contributed by atoms with Gasteiger partial charge < -0.3 is 5.32 Å². The molecule has 1 aromatic heterocycles.